The molecule has 180 valence electrons. The molecule has 0 fully saturated rings. The second kappa shape index (κ2) is 10.1. The minimum absolute atomic E-state index is 0.228. The topological polar surface area (TPSA) is 91.6 Å². The number of aromatic nitrogens is 5. The molecule has 0 aliphatic heterocycles. The van der Waals surface area contributed by atoms with Gasteiger partial charge in [-0.25, -0.2) is 4.68 Å². The zero-order valence-electron chi connectivity index (χ0n) is 19.7. The fourth-order valence-electron chi connectivity index (χ4n) is 3.88. The number of ketones is 1. The number of para-hydroxylation sites is 1. The normalized spacial score (nSPS) is 11.1. The van der Waals surface area contributed by atoms with Gasteiger partial charge in [0.05, 0.1) is 11.4 Å². The number of hydrogen-bond donors (Lipinski definition) is 1. The van der Waals surface area contributed by atoms with E-state index >= 15 is 0 Å². The molecule has 0 aliphatic carbocycles. The Labute approximate surface area is 221 Å². The summed E-state index contributed by atoms with van der Waals surface area (Å²) in [6.07, 6.45) is 0. The molecule has 5 rings (SSSR count). The van der Waals surface area contributed by atoms with Crippen LogP contribution < -0.4 is 5.73 Å². The van der Waals surface area contributed by atoms with Gasteiger partial charge in [0.2, 0.25) is 5.78 Å². The van der Waals surface area contributed by atoms with Gasteiger partial charge in [-0.05, 0) is 61.2 Å². The third-order valence-electron chi connectivity index (χ3n) is 5.66. The molecule has 0 atom stereocenters. The molecule has 0 bridgehead atoms. The zero-order valence-corrected chi connectivity index (χ0v) is 22.1. The monoisotopic (exact) mass is 558 g/mol. The number of halogens is 1. The maximum absolute atomic E-state index is 13.7. The van der Waals surface area contributed by atoms with Crippen LogP contribution in [0.4, 0.5) is 5.69 Å². The number of carbonyl (C=O) groups excluding carboxylic acids is 1. The van der Waals surface area contributed by atoms with E-state index < -0.39 is 0 Å². The molecule has 0 saturated heterocycles. The summed E-state index contributed by atoms with van der Waals surface area (Å²) in [5.41, 5.74) is 10.9. The van der Waals surface area contributed by atoms with Gasteiger partial charge in [0.1, 0.15) is 5.69 Å². The Morgan fingerprint density at radius 2 is 1.64 bits per heavy atom. The number of nitrogens with zero attached hydrogens (tertiary/aromatic N) is 5. The minimum atomic E-state index is -0.228. The smallest absolute Gasteiger partial charge is 0.213 e. The molecule has 9 heteroatoms. The third-order valence-corrected chi connectivity index (χ3v) is 6.99. The highest BCUT2D eigenvalue weighted by atomic mass is 79.9. The summed E-state index contributed by atoms with van der Waals surface area (Å²) in [4.78, 5) is 13.7. The van der Waals surface area contributed by atoms with E-state index in [1.165, 1.54) is 0 Å². The van der Waals surface area contributed by atoms with Crippen LogP contribution in [0.25, 0.3) is 22.9 Å². The summed E-state index contributed by atoms with van der Waals surface area (Å²) in [6.45, 7) is 4.07. The molecule has 0 saturated carbocycles. The van der Waals surface area contributed by atoms with Crippen molar-refractivity contribution in [3.63, 3.8) is 0 Å². The average molecular weight is 559 g/mol. The molecule has 3 aromatic carbocycles. The summed E-state index contributed by atoms with van der Waals surface area (Å²) < 4.78 is 4.42. The first-order valence-corrected chi connectivity index (χ1v) is 13.2. The first-order valence-electron chi connectivity index (χ1n) is 11.4. The summed E-state index contributed by atoms with van der Waals surface area (Å²) in [6, 6.07) is 24.8. The fraction of sp³-hybridized carbons (Fsp3) is 0.111. The SMILES string of the molecule is CCSc1nnc(-c2nn(-c3ccc(C)cc3)c(C(=O)c3ccc(Br)cc3)c2N)n1-c1ccccc1. The van der Waals surface area contributed by atoms with E-state index in [0.717, 1.165) is 32.3 Å². The Morgan fingerprint density at radius 3 is 2.31 bits per heavy atom. The second-order valence-electron chi connectivity index (χ2n) is 8.10. The minimum Gasteiger partial charge on any atom is -0.395 e. The van der Waals surface area contributed by atoms with E-state index in [2.05, 4.69) is 33.1 Å². The summed E-state index contributed by atoms with van der Waals surface area (Å²) >= 11 is 5.00. The molecule has 0 radical (unpaired) electrons. The standard InChI is InChI=1S/C27H23BrN6OS/c1-3-36-27-31-30-26(33(27)20-7-5-4-6-8-20)23-22(29)24(25(35)18-11-13-19(28)14-12-18)34(32-23)21-15-9-17(2)10-16-21/h4-16H,3,29H2,1-2H3. The van der Waals surface area contributed by atoms with E-state index in [-0.39, 0.29) is 17.2 Å². The Kier molecular flexibility index (Phi) is 6.75. The predicted octanol–water partition coefficient (Wildman–Crippen LogP) is 6.12. The first kappa shape index (κ1) is 24.0. The molecule has 5 aromatic rings. The molecule has 0 amide bonds. The third kappa shape index (κ3) is 4.47. The number of hydrogen-bond acceptors (Lipinski definition) is 6. The van der Waals surface area contributed by atoms with Crippen molar-refractivity contribution in [3.8, 4) is 22.9 Å². The lowest BCUT2D eigenvalue weighted by Gasteiger charge is -2.08. The van der Waals surface area contributed by atoms with Crippen molar-refractivity contribution in [2.45, 2.75) is 19.0 Å². The van der Waals surface area contributed by atoms with Crippen LogP contribution in [-0.2, 0) is 0 Å². The van der Waals surface area contributed by atoms with Crippen molar-refractivity contribution in [1.82, 2.24) is 24.5 Å². The summed E-state index contributed by atoms with van der Waals surface area (Å²) in [5, 5.41) is 14.4. The van der Waals surface area contributed by atoms with Gasteiger partial charge in [-0.1, -0.05) is 70.5 Å². The molecule has 2 N–H and O–H groups in total. The van der Waals surface area contributed by atoms with Crippen molar-refractivity contribution < 1.29 is 4.79 Å². The number of nitrogen functional groups attached to an aromatic ring is 1. The van der Waals surface area contributed by atoms with Crippen LogP contribution >= 0.6 is 27.7 Å². The van der Waals surface area contributed by atoms with Crippen LogP contribution in [0.5, 0.6) is 0 Å². The van der Waals surface area contributed by atoms with Crippen LogP contribution in [0.2, 0.25) is 0 Å². The summed E-state index contributed by atoms with van der Waals surface area (Å²) in [7, 11) is 0. The highest BCUT2D eigenvalue weighted by molar-refractivity contribution is 9.10. The highest BCUT2D eigenvalue weighted by Crippen LogP contribution is 2.34. The van der Waals surface area contributed by atoms with E-state index in [1.54, 1.807) is 28.6 Å². The molecule has 2 heterocycles. The molecule has 7 nitrogen and oxygen atoms in total. The lowest BCUT2D eigenvalue weighted by atomic mass is 10.1. The van der Waals surface area contributed by atoms with Gasteiger partial charge in [-0.15, -0.1) is 10.2 Å². The van der Waals surface area contributed by atoms with Gasteiger partial charge in [-0.3, -0.25) is 9.36 Å². The molecule has 0 spiro atoms. The number of carbonyl (C=O) groups is 1. The van der Waals surface area contributed by atoms with Crippen LogP contribution in [-0.4, -0.2) is 36.1 Å². The quantitative estimate of drug-likeness (QED) is 0.191. The first-order chi connectivity index (χ1) is 17.5. The van der Waals surface area contributed by atoms with Crippen LogP contribution in [0, 0.1) is 6.92 Å². The molecule has 2 aromatic heterocycles. The highest BCUT2D eigenvalue weighted by Gasteiger charge is 2.28. The molecule has 0 unspecified atom stereocenters. The number of benzene rings is 3. The van der Waals surface area contributed by atoms with Gasteiger partial charge < -0.3 is 5.73 Å². The van der Waals surface area contributed by atoms with Crippen LogP contribution in [0.3, 0.4) is 0 Å². The second-order valence-corrected chi connectivity index (χ2v) is 10.3. The Bertz CT molecular complexity index is 1530. The number of nitrogens with two attached hydrogens (primary N) is 1. The Morgan fingerprint density at radius 1 is 0.944 bits per heavy atom. The molecule has 0 aliphatic rings. The van der Waals surface area contributed by atoms with E-state index in [9.17, 15) is 4.79 Å². The number of aryl methyl sites for hydroxylation is 1. The number of rotatable bonds is 7. The van der Waals surface area contributed by atoms with Gasteiger partial charge in [-0.2, -0.15) is 5.10 Å². The van der Waals surface area contributed by atoms with E-state index in [0.29, 0.717) is 17.1 Å². The van der Waals surface area contributed by atoms with Crippen molar-refractivity contribution >= 4 is 39.2 Å². The lowest BCUT2D eigenvalue weighted by molar-refractivity contribution is 0.103. The average Bonchev–Trinajstić information content (AvgIpc) is 3.46. The number of anilines is 1. The lowest BCUT2D eigenvalue weighted by Crippen LogP contribution is -2.12. The molecule has 36 heavy (non-hydrogen) atoms. The summed E-state index contributed by atoms with van der Waals surface area (Å²) in [5.74, 6) is 1.07. The van der Waals surface area contributed by atoms with Gasteiger partial charge in [0.25, 0.3) is 0 Å². The predicted molar refractivity (Wildman–Crippen MR) is 147 cm³/mol. The van der Waals surface area contributed by atoms with Crippen molar-refractivity contribution in [2.75, 3.05) is 11.5 Å². The Balaban J connectivity index is 1.74. The maximum atomic E-state index is 13.7. The fourth-order valence-corrected chi connectivity index (χ4v) is 4.82. The van der Waals surface area contributed by atoms with Crippen LogP contribution in [0.15, 0.2) is 88.5 Å². The largest absolute Gasteiger partial charge is 0.395 e. The van der Waals surface area contributed by atoms with E-state index in [4.69, 9.17) is 10.8 Å². The van der Waals surface area contributed by atoms with Gasteiger partial charge in [0, 0.05) is 15.7 Å². The van der Waals surface area contributed by atoms with Crippen molar-refractivity contribution in [1.29, 1.82) is 0 Å². The van der Waals surface area contributed by atoms with Crippen molar-refractivity contribution in [3.05, 3.63) is 100 Å². The van der Waals surface area contributed by atoms with Crippen molar-refractivity contribution in [2.24, 2.45) is 0 Å². The van der Waals surface area contributed by atoms with Gasteiger partial charge in [0.15, 0.2) is 16.7 Å². The van der Waals surface area contributed by atoms with Crippen LogP contribution in [0.1, 0.15) is 28.5 Å². The van der Waals surface area contributed by atoms with Gasteiger partial charge >= 0.3 is 0 Å². The Hall–Kier alpha value is -3.69. The number of thioether (sulfide) groups is 1. The molecular weight excluding hydrogens is 536 g/mol. The zero-order chi connectivity index (χ0) is 25.2. The van der Waals surface area contributed by atoms with E-state index in [1.807, 2.05) is 78.2 Å². The molecular formula is C27H23BrN6OS. The maximum Gasteiger partial charge on any atom is 0.213 e.